The first kappa shape index (κ1) is 15.8. The zero-order valence-electron chi connectivity index (χ0n) is 10.2. The van der Waals surface area contributed by atoms with Crippen molar-refractivity contribution in [2.75, 3.05) is 26.0 Å². The SMILES string of the molecule is CN(C)CC(=O)Nc1ccc(OC(F)(F)F)cc1Br. The molecule has 19 heavy (non-hydrogen) atoms. The van der Waals surface area contributed by atoms with Crippen LogP contribution in [0.1, 0.15) is 0 Å². The van der Waals surface area contributed by atoms with E-state index in [-0.39, 0.29) is 18.2 Å². The molecule has 0 aliphatic carbocycles. The Morgan fingerprint density at radius 2 is 2.05 bits per heavy atom. The van der Waals surface area contributed by atoms with E-state index in [0.717, 1.165) is 12.1 Å². The van der Waals surface area contributed by atoms with Crippen LogP contribution >= 0.6 is 15.9 Å². The summed E-state index contributed by atoms with van der Waals surface area (Å²) in [5.74, 6) is -0.625. The van der Waals surface area contributed by atoms with Gasteiger partial charge in [-0.3, -0.25) is 4.79 Å². The molecule has 0 saturated carbocycles. The van der Waals surface area contributed by atoms with E-state index in [2.05, 4.69) is 26.0 Å². The molecule has 1 rings (SSSR count). The normalized spacial score (nSPS) is 11.5. The topological polar surface area (TPSA) is 41.6 Å². The van der Waals surface area contributed by atoms with Crippen LogP contribution in [0.15, 0.2) is 22.7 Å². The van der Waals surface area contributed by atoms with Crippen LogP contribution in [0, 0.1) is 0 Å². The molecule has 0 spiro atoms. The smallest absolute Gasteiger partial charge is 0.406 e. The van der Waals surface area contributed by atoms with Gasteiger partial charge in [0.2, 0.25) is 5.91 Å². The molecule has 1 aromatic carbocycles. The van der Waals surface area contributed by atoms with Gasteiger partial charge >= 0.3 is 6.36 Å². The van der Waals surface area contributed by atoms with Gasteiger partial charge in [-0.1, -0.05) is 0 Å². The summed E-state index contributed by atoms with van der Waals surface area (Å²) in [5, 5.41) is 2.57. The van der Waals surface area contributed by atoms with Crippen molar-refractivity contribution < 1.29 is 22.7 Å². The summed E-state index contributed by atoms with van der Waals surface area (Å²) in [6.07, 6.45) is -4.74. The molecule has 0 atom stereocenters. The average Bonchev–Trinajstić information content (AvgIpc) is 2.18. The number of anilines is 1. The van der Waals surface area contributed by atoms with Crippen molar-refractivity contribution in [2.45, 2.75) is 6.36 Å². The van der Waals surface area contributed by atoms with Crippen molar-refractivity contribution in [1.29, 1.82) is 0 Å². The molecule has 106 valence electrons. The molecule has 0 aromatic heterocycles. The number of likely N-dealkylation sites (N-methyl/N-ethyl adjacent to an activating group) is 1. The molecule has 0 aliphatic heterocycles. The molecule has 1 aromatic rings. The molecule has 0 radical (unpaired) electrons. The lowest BCUT2D eigenvalue weighted by Crippen LogP contribution is -2.27. The van der Waals surface area contributed by atoms with E-state index in [0.29, 0.717) is 10.2 Å². The maximum absolute atomic E-state index is 12.0. The average molecular weight is 341 g/mol. The third kappa shape index (κ3) is 5.93. The van der Waals surface area contributed by atoms with Gasteiger partial charge < -0.3 is 15.0 Å². The van der Waals surface area contributed by atoms with Gasteiger partial charge in [0, 0.05) is 4.47 Å². The van der Waals surface area contributed by atoms with Gasteiger partial charge in [-0.2, -0.15) is 0 Å². The largest absolute Gasteiger partial charge is 0.573 e. The van der Waals surface area contributed by atoms with E-state index in [1.807, 2.05) is 0 Å². The second-order valence-corrected chi connectivity index (χ2v) is 4.83. The Kier molecular flexibility index (Phi) is 5.19. The maximum atomic E-state index is 12.0. The summed E-state index contributed by atoms with van der Waals surface area (Å²) < 4.78 is 40.1. The lowest BCUT2D eigenvalue weighted by Gasteiger charge is -2.13. The van der Waals surface area contributed by atoms with E-state index in [1.165, 1.54) is 6.07 Å². The standard InChI is InChI=1S/C11H12BrF3N2O2/c1-17(2)6-10(18)16-9-4-3-7(5-8(9)12)19-11(13,14)15/h3-5H,6H2,1-2H3,(H,16,18). The van der Waals surface area contributed by atoms with E-state index < -0.39 is 6.36 Å². The minimum absolute atomic E-state index is 0.174. The highest BCUT2D eigenvalue weighted by atomic mass is 79.9. The number of carbonyl (C=O) groups excluding carboxylic acids is 1. The predicted molar refractivity (Wildman–Crippen MR) is 68.0 cm³/mol. The van der Waals surface area contributed by atoms with Crippen LogP contribution in [0.5, 0.6) is 5.75 Å². The zero-order valence-corrected chi connectivity index (χ0v) is 11.8. The molecular formula is C11H12BrF3N2O2. The summed E-state index contributed by atoms with van der Waals surface area (Å²) in [7, 11) is 3.46. The van der Waals surface area contributed by atoms with E-state index in [4.69, 9.17) is 0 Å². The quantitative estimate of drug-likeness (QED) is 0.916. The van der Waals surface area contributed by atoms with Gasteiger partial charge in [-0.25, -0.2) is 0 Å². The molecule has 0 saturated heterocycles. The predicted octanol–water partition coefficient (Wildman–Crippen LogP) is 2.85. The molecule has 4 nitrogen and oxygen atoms in total. The van der Waals surface area contributed by atoms with E-state index >= 15 is 0 Å². The molecule has 1 N–H and O–H groups in total. The highest BCUT2D eigenvalue weighted by Crippen LogP contribution is 2.30. The number of rotatable bonds is 4. The van der Waals surface area contributed by atoms with Crippen molar-refractivity contribution in [2.24, 2.45) is 0 Å². The Bertz CT molecular complexity index is 464. The third-order valence-corrected chi connectivity index (χ3v) is 2.56. The Hall–Kier alpha value is -1.28. The summed E-state index contributed by atoms with van der Waals surface area (Å²) in [5.41, 5.74) is 0.376. The minimum Gasteiger partial charge on any atom is -0.406 e. The lowest BCUT2D eigenvalue weighted by atomic mass is 10.3. The molecule has 0 fully saturated rings. The van der Waals surface area contributed by atoms with Gasteiger partial charge in [0.1, 0.15) is 5.75 Å². The number of alkyl halides is 3. The van der Waals surface area contributed by atoms with Crippen LogP contribution in [0.4, 0.5) is 18.9 Å². The lowest BCUT2D eigenvalue weighted by molar-refractivity contribution is -0.274. The first-order chi connectivity index (χ1) is 8.67. The van der Waals surface area contributed by atoms with Crippen molar-refractivity contribution in [3.63, 3.8) is 0 Å². The number of halogens is 4. The monoisotopic (exact) mass is 340 g/mol. The third-order valence-electron chi connectivity index (χ3n) is 1.91. The highest BCUT2D eigenvalue weighted by Gasteiger charge is 2.31. The summed E-state index contributed by atoms with van der Waals surface area (Å²) in [4.78, 5) is 13.2. The Labute approximate surface area is 116 Å². The Morgan fingerprint density at radius 3 is 2.53 bits per heavy atom. The summed E-state index contributed by atoms with van der Waals surface area (Å²) >= 11 is 3.07. The number of ether oxygens (including phenoxy) is 1. The van der Waals surface area contributed by atoms with Crippen LogP contribution in [0.2, 0.25) is 0 Å². The summed E-state index contributed by atoms with van der Waals surface area (Å²) in [6.45, 7) is 0.174. The molecule has 1 amide bonds. The van der Waals surface area contributed by atoms with Gasteiger partial charge in [0.05, 0.1) is 12.2 Å². The van der Waals surface area contributed by atoms with Crippen LogP contribution in [0.25, 0.3) is 0 Å². The number of amides is 1. The number of nitrogens with one attached hydrogen (secondary N) is 1. The first-order valence-electron chi connectivity index (χ1n) is 5.17. The van der Waals surface area contributed by atoms with Gasteiger partial charge in [0.25, 0.3) is 0 Å². The first-order valence-corrected chi connectivity index (χ1v) is 5.96. The van der Waals surface area contributed by atoms with Crippen molar-refractivity contribution in [3.05, 3.63) is 22.7 Å². The minimum atomic E-state index is -4.74. The number of carbonyl (C=O) groups is 1. The van der Waals surface area contributed by atoms with Gasteiger partial charge in [-0.15, -0.1) is 13.2 Å². The number of hydrogen-bond donors (Lipinski definition) is 1. The van der Waals surface area contributed by atoms with Crippen molar-refractivity contribution in [3.8, 4) is 5.75 Å². The van der Waals surface area contributed by atoms with E-state index in [1.54, 1.807) is 19.0 Å². The van der Waals surface area contributed by atoms with Crippen LogP contribution in [-0.4, -0.2) is 37.8 Å². The maximum Gasteiger partial charge on any atom is 0.573 e. The Balaban J connectivity index is 2.75. The molecule has 8 heteroatoms. The van der Waals surface area contributed by atoms with Gasteiger partial charge in [0.15, 0.2) is 0 Å². The van der Waals surface area contributed by atoms with Gasteiger partial charge in [-0.05, 0) is 48.2 Å². The van der Waals surface area contributed by atoms with Crippen molar-refractivity contribution >= 4 is 27.5 Å². The summed E-state index contributed by atoms with van der Waals surface area (Å²) in [6, 6.07) is 3.60. The molecule has 0 unspecified atom stereocenters. The number of hydrogen-bond acceptors (Lipinski definition) is 3. The molecule has 0 heterocycles. The molecule has 0 aliphatic rings. The fourth-order valence-corrected chi connectivity index (χ4v) is 1.73. The fraction of sp³-hybridized carbons (Fsp3) is 0.364. The number of nitrogens with zero attached hydrogens (tertiary/aromatic N) is 1. The second kappa shape index (κ2) is 6.25. The fourth-order valence-electron chi connectivity index (χ4n) is 1.27. The van der Waals surface area contributed by atoms with E-state index in [9.17, 15) is 18.0 Å². The second-order valence-electron chi connectivity index (χ2n) is 3.98. The number of benzene rings is 1. The Morgan fingerprint density at radius 1 is 1.42 bits per heavy atom. The van der Waals surface area contributed by atoms with Crippen LogP contribution in [-0.2, 0) is 4.79 Å². The highest BCUT2D eigenvalue weighted by molar-refractivity contribution is 9.10. The molecular weight excluding hydrogens is 329 g/mol. The molecule has 0 bridgehead atoms. The zero-order chi connectivity index (χ0) is 14.6. The van der Waals surface area contributed by atoms with Crippen LogP contribution < -0.4 is 10.1 Å². The van der Waals surface area contributed by atoms with Crippen LogP contribution in [0.3, 0.4) is 0 Å². The van der Waals surface area contributed by atoms with Crippen molar-refractivity contribution in [1.82, 2.24) is 4.90 Å².